The highest BCUT2D eigenvalue weighted by Gasteiger charge is 2.47. The smallest absolute Gasteiger partial charge is 0.410 e. The second-order valence-corrected chi connectivity index (χ2v) is 23.7. The maximum absolute atomic E-state index is 15.5. The third-order valence-corrected chi connectivity index (χ3v) is 17.2. The van der Waals surface area contributed by atoms with Crippen LogP contribution in [0.25, 0.3) is 22.3 Å². The van der Waals surface area contributed by atoms with Crippen LogP contribution in [0.4, 0.5) is 31.0 Å². The Balaban J connectivity index is 0.711. The van der Waals surface area contributed by atoms with Gasteiger partial charge in [-0.05, 0) is 110 Å². The van der Waals surface area contributed by atoms with Crippen molar-refractivity contribution in [2.24, 2.45) is 11.7 Å². The number of cyclic esters (lactones) is 1. The number of carbonyl (C=O) groups is 8. The first-order valence-electron chi connectivity index (χ1n) is 31.4. The molecule has 94 heavy (non-hydrogen) atoms. The van der Waals surface area contributed by atoms with Crippen molar-refractivity contribution in [3.63, 3.8) is 0 Å². The van der Waals surface area contributed by atoms with Gasteiger partial charge in [-0.2, -0.15) is 0 Å². The topological polar surface area (TPSA) is 401 Å². The van der Waals surface area contributed by atoms with Gasteiger partial charge >= 0.3 is 18.1 Å². The minimum atomic E-state index is -2.06. The van der Waals surface area contributed by atoms with Gasteiger partial charge in [-0.25, -0.2) is 23.8 Å². The summed E-state index contributed by atoms with van der Waals surface area (Å²) in [6.07, 6.45) is 0.618. The molecule has 5 heterocycles. The van der Waals surface area contributed by atoms with Crippen LogP contribution < -0.4 is 54.7 Å². The molecule has 9 rings (SSSR count). The number of likely N-dealkylation sites (tertiary alicyclic amines) is 1. The van der Waals surface area contributed by atoms with Gasteiger partial charge in [0.05, 0.1) is 99.3 Å². The molecule has 5 aromatic rings. The molecule has 2 aromatic heterocycles. The zero-order valence-corrected chi connectivity index (χ0v) is 53.0. The second kappa shape index (κ2) is 31.1. The molecule has 0 spiro atoms. The van der Waals surface area contributed by atoms with E-state index in [0.717, 1.165) is 5.56 Å². The lowest BCUT2D eigenvalue weighted by atomic mass is 9.81. The van der Waals surface area contributed by atoms with Gasteiger partial charge in [-0.15, -0.1) is 0 Å². The molecule has 1 aliphatic carbocycles. The van der Waals surface area contributed by atoms with Gasteiger partial charge in [0.25, 0.3) is 11.5 Å². The Kier molecular flexibility index (Phi) is 22.8. The van der Waals surface area contributed by atoms with E-state index in [1.807, 2.05) is 0 Å². The molecular weight excluding hydrogens is 1220 g/mol. The number of amides is 8. The van der Waals surface area contributed by atoms with Crippen LogP contribution in [0.15, 0.2) is 59.4 Å². The molecule has 29 heteroatoms. The van der Waals surface area contributed by atoms with Gasteiger partial charge in [0.2, 0.25) is 23.6 Å². The van der Waals surface area contributed by atoms with Crippen molar-refractivity contribution in [3.8, 4) is 11.4 Å². The van der Waals surface area contributed by atoms with Crippen molar-refractivity contribution < 1.29 is 76.3 Å². The highest BCUT2D eigenvalue weighted by molar-refractivity contribution is 5.99. The van der Waals surface area contributed by atoms with E-state index in [2.05, 4.69) is 31.9 Å². The van der Waals surface area contributed by atoms with Gasteiger partial charge in [-0.3, -0.25) is 33.7 Å². The Hall–Kier alpha value is -9.29. The molecule has 1 saturated heterocycles. The first-order valence-corrected chi connectivity index (χ1v) is 31.4. The summed E-state index contributed by atoms with van der Waals surface area (Å²) in [5, 5.41) is 28.8. The molecule has 5 atom stereocenters. The van der Waals surface area contributed by atoms with Gasteiger partial charge in [0.1, 0.15) is 37.2 Å². The molecule has 4 aliphatic rings. The number of nitrogens with two attached hydrogens (primary N) is 3. The highest BCUT2D eigenvalue weighted by Crippen LogP contribution is 2.46. The number of hydrogen-bond donors (Lipinski definition) is 10. The Morgan fingerprint density at radius 1 is 0.830 bits per heavy atom. The fourth-order valence-corrected chi connectivity index (χ4v) is 11.8. The maximum atomic E-state index is 15.5. The third-order valence-electron chi connectivity index (χ3n) is 17.2. The Labute approximate surface area is 540 Å². The van der Waals surface area contributed by atoms with Crippen LogP contribution in [0.3, 0.4) is 0 Å². The average Bonchev–Trinajstić information content (AvgIpc) is 1.48. The average molecular weight is 1310 g/mol. The van der Waals surface area contributed by atoms with Gasteiger partial charge in [-0.1, -0.05) is 32.9 Å². The summed E-state index contributed by atoms with van der Waals surface area (Å²) in [5.41, 5.74) is 20.0. The number of benzene rings is 3. The van der Waals surface area contributed by atoms with E-state index in [1.54, 1.807) is 70.2 Å². The summed E-state index contributed by atoms with van der Waals surface area (Å²) in [6, 6.07) is 9.59. The second-order valence-electron chi connectivity index (χ2n) is 23.7. The highest BCUT2D eigenvalue weighted by atomic mass is 19.1. The molecule has 13 N–H and O–H groups in total. The number of urea groups is 1. The van der Waals surface area contributed by atoms with Crippen LogP contribution in [0, 0.1) is 18.7 Å². The maximum Gasteiger partial charge on any atom is 0.410 e. The summed E-state index contributed by atoms with van der Waals surface area (Å²) in [6.45, 7) is 9.02. The van der Waals surface area contributed by atoms with Crippen LogP contribution >= 0.6 is 0 Å². The predicted octanol–water partition coefficient (Wildman–Crippen LogP) is 3.11. The quantitative estimate of drug-likeness (QED) is 0.0170. The monoisotopic (exact) mass is 1300 g/mol. The number of aromatic nitrogens is 2. The van der Waals surface area contributed by atoms with Crippen LogP contribution in [0.2, 0.25) is 0 Å². The molecule has 8 amide bonds. The molecule has 1 fully saturated rings. The zero-order chi connectivity index (χ0) is 67.4. The summed E-state index contributed by atoms with van der Waals surface area (Å²) < 4.78 is 50.0. The standard InChI is InChI=1S/C65H81FN12O16/c1-5-65(88)43-30-51-56-41(32-78(51)61(84)42(43)34-93-62(65)85)54-47(15-13-40-36(4)44(66)31-49(73-56)53(40)54)74-59(82)50-16-20-77(50)64(87)94-33-37-8-11-39(12-9-37)72-58(81)48(7-6-18-71-63(69)86)75-60(83)55(35(2)3)76-52(79)17-21-89-23-25-91-27-28-92-26-24-90-22-19-70-57(80)38-10-14-45(67)46(68)29-38/h8-12,14,29-31,35,47-48,50,55,88H,5-7,13,15-28,32-34,67-68H2,1-4H3,(H,70,80)(H,72,81)(H,74,82)(H,75,83)(H,76,79)(H3,69,71,86)/t47-,48+,50-,55+,65-/m1/s1. The van der Waals surface area contributed by atoms with E-state index >= 15 is 4.39 Å². The van der Waals surface area contributed by atoms with E-state index in [9.17, 15) is 48.3 Å². The number of pyridine rings is 2. The van der Waals surface area contributed by atoms with Gasteiger partial charge < -0.3 is 87.2 Å². The number of nitrogens with zero attached hydrogens (tertiary/aromatic N) is 3. The third kappa shape index (κ3) is 16.0. The lowest BCUT2D eigenvalue weighted by molar-refractivity contribution is -0.172. The van der Waals surface area contributed by atoms with Crippen molar-refractivity contribution in [3.05, 3.63) is 115 Å². The Bertz CT molecular complexity index is 3750. The summed E-state index contributed by atoms with van der Waals surface area (Å²) in [4.78, 5) is 125. The molecule has 0 bridgehead atoms. The van der Waals surface area contributed by atoms with E-state index in [1.165, 1.54) is 21.6 Å². The van der Waals surface area contributed by atoms with Crippen molar-refractivity contribution in [2.75, 3.05) is 89.3 Å². The molecular formula is C65H81FN12O16. The number of hydrogen-bond acceptors (Lipinski definition) is 19. The number of anilines is 3. The first kappa shape index (κ1) is 69.1. The van der Waals surface area contributed by atoms with E-state index in [-0.39, 0.29) is 108 Å². The van der Waals surface area contributed by atoms with Crippen molar-refractivity contribution >= 4 is 75.6 Å². The van der Waals surface area contributed by atoms with E-state index < -0.39 is 82.9 Å². The van der Waals surface area contributed by atoms with Crippen LogP contribution in [0.5, 0.6) is 0 Å². The number of aliphatic hydroxyl groups is 1. The number of primary amides is 1. The van der Waals surface area contributed by atoms with E-state index in [0.29, 0.717) is 119 Å². The summed E-state index contributed by atoms with van der Waals surface area (Å²) >= 11 is 0. The minimum absolute atomic E-state index is 0.0476. The SMILES string of the molecule is CC[C@]1(O)C(=O)OCc2c1cc1n(c2=O)Cc2c-1nc1cc(F)c(C)c3c1c2[C@H](NC(=O)[C@H]1CCN1C(=O)OCc1ccc(NC(=O)[C@H](CCCNC(N)=O)NC(=O)[C@@H](NC(=O)CCOCCOCCOCCOCCNC(=O)c2ccc(N)c(N)c2)C(C)C)cc1)CC3. The number of nitrogens with one attached hydrogen (secondary N) is 6. The number of nitrogen functional groups attached to an aromatic ring is 2. The summed E-state index contributed by atoms with van der Waals surface area (Å²) in [5.74, 6) is -4.10. The Morgan fingerprint density at radius 3 is 2.19 bits per heavy atom. The molecule has 3 aliphatic heterocycles. The molecule has 28 nitrogen and oxygen atoms in total. The Morgan fingerprint density at radius 2 is 1.53 bits per heavy atom. The number of esters is 1. The lowest BCUT2D eigenvalue weighted by Gasteiger charge is -2.40. The van der Waals surface area contributed by atoms with Gasteiger partial charge in [0, 0.05) is 59.9 Å². The first-order chi connectivity index (χ1) is 45.1. The largest absolute Gasteiger partial charge is 0.458 e. The van der Waals surface area contributed by atoms with Crippen molar-refractivity contribution in [1.82, 2.24) is 41.0 Å². The predicted molar refractivity (Wildman–Crippen MR) is 340 cm³/mol. The molecule has 504 valence electrons. The summed E-state index contributed by atoms with van der Waals surface area (Å²) in [7, 11) is 0. The van der Waals surface area contributed by atoms with Crippen molar-refractivity contribution in [1.29, 1.82) is 0 Å². The van der Waals surface area contributed by atoms with Crippen LogP contribution in [0.1, 0.15) is 115 Å². The van der Waals surface area contributed by atoms with E-state index in [4.69, 9.17) is 50.6 Å². The van der Waals surface area contributed by atoms with Crippen molar-refractivity contribution in [2.45, 2.75) is 122 Å². The van der Waals surface area contributed by atoms with Gasteiger partial charge in [0.15, 0.2) is 5.60 Å². The minimum Gasteiger partial charge on any atom is -0.458 e. The fraction of sp³-hybridized carbons (Fsp3) is 0.477. The number of ether oxygens (including phenoxy) is 6. The lowest BCUT2D eigenvalue weighted by Crippen LogP contribution is -2.58. The number of halogens is 1. The van der Waals surface area contributed by atoms with Crippen LogP contribution in [-0.4, -0.2) is 158 Å². The molecule has 3 aromatic carbocycles. The van der Waals surface area contributed by atoms with Crippen LogP contribution in [-0.2, 0) is 84.2 Å². The number of aryl methyl sites for hydroxylation is 1. The zero-order valence-electron chi connectivity index (χ0n) is 53.0. The number of rotatable bonds is 31. The number of fused-ring (bicyclic) bond motifs is 5. The molecule has 0 unspecified atom stereocenters. The molecule has 0 saturated carbocycles. The normalized spacial score (nSPS) is 17.4. The number of carbonyl (C=O) groups excluding carboxylic acids is 8. The molecule has 0 radical (unpaired) electrons. The fourth-order valence-electron chi connectivity index (χ4n) is 11.8.